The molecule has 0 aliphatic carbocycles. The summed E-state index contributed by atoms with van der Waals surface area (Å²) in [5.74, 6) is 6.12. The summed E-state index contributed by atoms with van der Waals surface area (Å²) >= 11 is -0.168. The van der Waals surface area contributed by atoms with Gasteiger partial charge in [0.1, 0.15) is 10.8 Å². The fourth-order valence-corrected chi connectivity index (χ4v) is 7.00. The smallest absolute Gasteiger partial charge is 0.447 e. The zero-order chi connectivity index (χ0) is 30.4. The molecule has 1 aromatic carbocycles. The number of amides is 1. The average Bonchev–Trinajstić information content (AvgIpc) is 3.51. The number of benzene rings is 1. The number of nitrogens with one attached hydrogen (secondary N) is 3. The van der Waals surface area contributed by atoms with E-state index in [9.17, 15) is 23.1 Å². The molecule has 0 spiro atoms. The number of carbonyl (C=O) groups excluding carboxylic acids is 1. The second-order valence-corrected chi connectivity index (χ2v) is 12.7. The number of ether oxygens (including phenoxy) is 1. The third kappa shape index (κ3) is 6.39. The van der Waals surface area contributed by atoms with Crippen LogP contribution in [0.15, 0.2) is 47.6 Å². The van der Waals surface area contributed by atoms with Crippen molar-refractivity contribution in [2.24, 2.45) is 0 Å². The van der Waals surface area contributed by atoms with Gasteiger partial charge in [-0.05, 0) is 69.0 Å². The van der Waals surface area contributed by atoms with Crippen LogP contribution in [-0.4, -0.2) is 76.3 Å². The van der Waals surface area contributed by atoms with Gasteiger partial charge in [-0.15, -0.1) is 0 Å². The van der Waals surface area contributed by atoms with Crippen molar-refractivity contribution in [1.82, 2.24) is 14.6 Å². The lowest BCUT2D eigenvalue weighted by Gasteiger charge is -2.44. The summed E-state index contributed by atoms with van der Waals surface area (Å²) in [4.78, 5) is 14.3. The zero-order valence-electron chi connectivity index (χ0n) is 23.9. The highest BCUT2D eigenvalue weighted by Gasteiger charge is 2.40. The maximum absolute atomic E-state index is 13.6. The van der Waals surface area contributed by atoms with Gasteiger partial charge in [0.2, 0.25) is 0 Å². The molecule has 0 radical (unpaired) electrons. The van der Waals surface area contributed by atoms with Gasteiger partial charge in [0.05, 0.1) is 54.8 Å². The summed E-state index contributed by atoms with van der Waals surface area (Å²) in [5, 5.41) is 20.3. The predicted molar refractivity (Wildman–Crippen MR) is 161 cm³/mol. The van der Waals surface area contributed by atoms with Crippen LogP contribution < -0.4 is 20.7 Å². The van der Waals surface area contributed by atoms with Crippen molar-refractivity contribution in [3.8, 4) is 17.6 Å². The van der Waals surface area contributed by atoms with Crippen molar-refractivity contribution in [2.75, 3.05) is 37.4 Å². The van der Waals surface area contributed by atoms with Crippen LogP contribution in [0.5, 0.6) is 5.75 Å². The van der Waals surface area contributed by atoms with Crippen LogP contribution >= 0.6 is 11.8 Å². The first-order chi connectivity index (χ1) is 20.5. The van der Waals surface area contributed by atoms with Gasteiger partial charge < -0.3 is 35.1 Å². The van der Waals surface area contributed by atoms with E-state index in [4.69, 9.17) is 4.74 Å². The van der Waals surface area contributed by atoms with E-state index in [1.807, 2.05) is 6.07 Å². The number of thioether (sulfide) groups is 1. The second kappa shape index (κ2) is 11.5. The summed E-state index contributed by atoms with van der Waals surface area (Å²) in [7, 11) is 1.49. The van der Waals surface area contributed by atoms with Gasteiger partial charge in [-0.1, -0.05) is 11.8 Å². The summed E-state index contributed by atoms with van der Waals surface area (Å²) in [5.41, 5.74) is -2.59. The van der Waals surface area contributed by atoms with Crippen LogP contribution in [0.2, 0.25) is 0 Å². The van der Waals surface area contributed by atoms with Gasteiger partial charge in [-0.3, -0.25) is 4.79 Å². The van der Waals surface area contributed by atoms with Crippen LogP contribution in [0.4, 0.5) is 24.5 Å². The van der Waals surface area contributed by atoms with E-state index in [0.29, 0.717) is 40.2 Å². The van der Waals surface area contributed by atoms with Gasteiger partial charge in [-0.25, -0.2) is 0 Å². The molecule has 6 rings (SSSR count). The first kappa shape index (κ1) is 29.5. The third-order valence-electron chi connectivity index (χ3n) is 8.29. The van der Waals surface area contributed by atoms with E-state index < -0.39 is 11.1 Å². The number of aliphatic hydroxyl groups is 1. The lowest BCUT2D eigenvalue weighted by molar-refractivity contribution is -0.0668. The Hall–Kier alpha value is -3.53. The van der Waals surface area contributed by atoms with Crippen LogP contribution in [0.1, 0.15) is 48.5 Å². The number of hydrogen-bond acceptors (Lipinski definition) is 7. The molecule has 3 aliphatic rings. The molecule has 3 aliphatic heterocycles. The number of anilines is 2. The van der Waals surface area contributed by atoms with Crippen LogP contribution in [0, 0.1) is 11.8 Å². The van der Waals surface area contributed by atoms with Gasteiger partial charge in [0, 0.05) is 41.6 Å². The largest absolute Gasteiger partial charge is 0.495 e. The third-order valence-corrected chi connectivity index (χ3v) is 9.14. The molecule has 4 N–H and O–H groups in total. The Labute approximate surface area is 252 Å². The predicted octanol–water partition coefficient (Wildman–Crippen LogP) is 4.93. The molecule has 1 amide bonds. The number of aromatic nitrogens is 1. The number of likely N-dealkylation sites (tertiary alicyclic amines) is 1. The number of methoxy groups -OCH3 is 1. The minimum absolute atomic E-state index is 0.0202. The van der Waals surface area contributed by atoms with Crippen molar-refractivity contribution >= 4 is 34.6 Å². The highest BCUT2D eigenvalue weighted by atomic mass is 32.2. The molecule has 2 aromatic heterocycles. The molecule has 3 fully saturated rings. The van der Waals surface area contributed by atoms with E-state index in [1.165, 1.54) is 7.11 Å². The van der Waals surface area contributed by atoms with Crippen LogP contribution in [-0.2, 0) is 0 Å². The molecular weight excluding hydrogens is 579 g/mol. The van der Waals surface area contributed by atoms with E-state index in [1.54, 1.807) is 52.8 Å². The van der Waals surface area contributed by atoms with Crippen LogP contribution in [0.3, 0.4) is 0 Å². The normalized spacial score (nSPS) is 22.5. The monoisotopic (exact) mass is 613 g/mol. The molecule has 43 heavy (non-hydrogen) atoms. The molecule has 12 heteroatoms. The van der Waals surface area contributed by atoms with E-state index >= 15 is 0 Å². The first-order valence-electron chi connectivity index (χ1n) is 14.3. The van der Waals surface area contributed by atoms with Crippen LogP contribution in [0.25, 0.3) is 5.52 Å². The fraction of sp³-hybridized carbons (Fsp3) is 0.452. The number of pyridine rings is 1. The van der Waals surface area contributed by atoms with E-state index in [0.717, 1.165) is 31.4 Å². The van der Waals surface area contributed by atoms with Gasteiger partial charge >= 0.3 is 5.51 Å². The number of rotatable bonds is 7. The number of carbonyl (C=O) groups is 1. The lowest BCUT2D eigenvalue weighted by Crippen LogP contribution is -2.61. The SMILES string of the molecule is COc1cc(C(=O)N2CC(C)(O)C2)ccc1NCC#Cc1cc2c(N[C@@H]3CC[C@@H]4CC[C@H]3N4)cccn2c1SC(F)(F)F. The Kier molecular flexibility index (Phi) is 7.91. The number of piperidine rings is 1. The molecule has 3 atom stereocenters. The number of fused-ring (bicyclic) bond motifs is 3. The first-order valence-corrected chi connectivity index (χ1v) is 15.2. The minimum Gasteiger partial charge on any atom is -0.495 e. The molecular formula is C31H34F3N5O3S. The fourth-order valence-electron chi connectivity index (χ4n) is 6.30. The summed E-state index contributed by atoms with van der Waals surface area (Å²) in [6.45, 7) is 2.36. The van der Waals surface area contributed by atoms with Gasteiger partial charge in [0.15, 0.2) is 0 Å². The van der Waals surface area contributed by atoms with Gasteiger partial charge in [0.25, 0.3) is 5.91 Å². The quantitative estimate of drug-likeness (QED) is 0.222. The van der Waals surface area contributed by atoms with Crippen molar-refractivity contribution in [1.29, 1.82) is 0 Å². The topological polar surface area (TPSA) is 90.3 Å². The highest BCUT2D eigenvalue weighted by Crippen LogP contribution is 2.41. The standard InChI is InChI=1S/C31H34F3N5O3S/c1-30(41)17-38(18-30)28(40)19-7-10-25(27(16-19)42-2)35-13-3-5-20-15-26-24(37-23-12-9-21-8-11-22(23)36-21)6-4-14-39(26)29(20)43-31(32,33)34/h4,6-7,10,14-16,21-23,35-37,41H,8-9,11-13,17-18H2,1-2H3/t21-,22+,23+/m0/s1. The number of nitrogens with zero attached hydrogens (tertiary/aromatic N) is 2. The minimum atomic E-state index is -4.48. The van der Waals surface area contributed by atoms with Crippen molar-refractivity contribution in [3.63, 3.8) is 0 Å². The molecule has 2 bridgehead atoms. The molecule has 3 saturated heterocycles. The Morgan fingerprint density at radius 3 is 2.72 bits per heavy atom. The number of alkyl halides is 3. The highest BCUT2D eigenvalue weighted by molar-refractivity contribution is 8.00. The average molecular weight is 614 g/mol. The Morgan fingerprint density at radius 1 is 1.19 bits per heavy atom. The number of hydrogen-bond donors (Lipinski definition) is 4. The number of halogens is 3. The maximum atomic E-state index is 13.6. The molecule has 0 unspecified atom stereocenters. The molecule has 5 heterocycles. The van der Waals surface area contributed by atoms with E-state index in [2.05, 4.69) is 27.8 Å². The summed E-state index contributed by atoms with van der Waals surface area (Å²) < 4.78 is 47.8. The molecule has 8 nitrogen and oxygen atoms in total. The Balaban J connectivity index is 1.20. The maximum Gasteiger partial charge on any atom is 0.447 e. The summed E-state index contributed by atoms with van der Waals surface area (Å²) in [6.07, 6.45) is 6.00. The van der Waals surface area contributed by atoms with Crippen molar-refractivity contribution in [2.45, 2.75) is 66.9 Å². The lowest BCUT2D eigenvalue weighted by atomic mass is 9.96. The summed E-state index contributed by atoms with van der Waals surface area (Å²) in [6, 6.07) is 11.5. The molecule has 3 aromatic rings. The molecule has 228 valence electrons. The second-order valence-electron chi connectivity index (χ2n) is 11.7. The zero-order valence-corrected chi connectivity index (χ0v) is 24.7. The van der Waals surface area contributed by atoms with Crippen molar-refractivity contribution in [3.05, 3.63) is 53.7 Å². The van der Waals surface area contributed by atoms with E-state index in [-0.39, 0.29) is 48.4 Å². The molecule has 0 saturated carbocycles. The van der Waals surface area contributed by atoms with Crippen molar-refractivity contribution < 1.29 is 27.8 Å². The Bertz CT molecular complexity index is 1590. The Morgan fingerprint density at radius 2 is 1.98 bits per heavy atom. The number of β-amino-alcohol motifs (C(OH)–C–C–N with tert-alkyl or cyclic N) is 1. The van der Waals surface area contributed by atoms with Gasteiger partial charge in [-0.2, -0.15) is 13.2 Å².